The fourth-order valence-corrected chi connectivity index (χ4v) is 11.7. The molecule has 0 spiro atoms. The van der Waals surface area contributed by atoms with Crippen LogP contribution in [0.5, 0.6) is 0 Å². The predicted octanol–water partition coefficient (Wildman–Crippen LogP) is 10.8. The first kappa shape index (κ1) is 29.2. The molecule has 6 rings (SSSR count). The van der Waals surface area contributed by atoms with Gasteiger partial charge in [-0.2, -0.15) is 0 Å². The van der Waals surface area contributed by atoms with Crippen molar-refractivity contribution in [2.45, 2.75) is 76.3 Å². The molecule has 0 fully saturated rings. The predicted molar refractivity (Wildman–Crippen MR) is 178 cm³/mol. The van der Waals surface area contributed by atoms with Crippen LogP contribution in [-0.4, -0.2) is 3.21 Å². The van der Waals surface area contributed by atoms with Gasteiger partial charge >= 0.3 is 266 Å². The van der Waals surface area contributed by atoms with Gasteiger partial charge in [0.2, 0.25) is 0 Å². The van der Waals surface area contributed by atoms with Gasteiger partial charge in [-0.05, 0) is 0 Å². The van der Waals surface area contributed by atoms with Crippen LogP contribution in [0.4, 0.5) is 0 Å². The molecular formula is C41H43Zr. The van der Waals surface area contributed by atoms with Gasteiger partial charge in [-0.15, -0.1) is 0 Å². The van der Waals surface area contributed by atoms with Gasteiger partial charge in [0, 0.05) is 0 Å². The first-order valence-electron chi connectivity index (χ1n) is 15.9. The van der Waals surface area contributed by atoms with E-state index < -0.39 is 22.8 Å². The van der Waals surface area contributed by atoms with E-state index >= 15 is 0 Å². The molecule has 0 aromatic heterocycles. The van der Waals surface area contributed by atoms with Gasteiger partial charge < -0.3 is 0 Å². The maximum atomic E-state index is 2.59. The van der Waals surface area contributed by atoms with Crippen LogP contribution in [0.2, 0.25) is 0 Å². The molecule has 4 aromatic rings. The summed E-state index contributed by atoms with van der Waals surface area (Å²) in [7, 11) is 0. The van der Waals surface area contributed by atoms with Crippen molar-refractivity contribution in [2.75, 3.05) is 0 Å². The summed E-state index contributed by atoms with van der Waals surface area (Å²) in [6.07, 6.45) is 10.2. The van der Waals surface area contributed by atoms with E-state index in [1.807, 2.05) is 0 Å². The number of benzene rings is 4. The first-order chi connectivity index (χ1) is 20.4. The van der Waals surface area contributed by atoms with E-state index in [-0.39, 0.29) is 0 Å². The maximum absolute atomic E-state index is 2.59. The second-order valence-corrected chi connectivity index (χ2v) is 15.8. The van der Waals surface area contributed by atoms with Gasteiger partial charge in [-0.1, -0.05) is 0 Å². The molecule has 1 heteroatoms. The van der Waals surface area contributed by atoms with Crippen LogP contribution >= 0.6 is 0 Å². The number of aryl methyl sites for hydroxylation is 1. The number of hydrogen-bond donors (Lipinski definition) is 0. The van der Waals surface area contributed by atoms with E-state index in [9.17, 15) is 0 Å². The average Bonchev–Trinajstić information content (AvgIpc) is 3.65. The normalized spacial score (nSPS) is 15.1. The molecule has 1 unspecified atom stereocenters. The van der Waals surface area contributed by atoms with E-state index in [2.05, 4.69) is 139 Å². The molecule has 0 saturated heterocycles. The third-order valence-electron chi connectivity index (χ3n) is 9.13. The zero-order valence-corrected chi connectivity index (χ0v) is 28.5. The van der Waals surface area contributed by atoms with Crippen molar-refractivity contribution < 1.29 is 22.8 Å². The number of allylic oxidation sites excluding steroid dienone is 4. The minimum absolute atomic E-state index is 0.473. The topological polar surface area (TPSA) is 0 Å². The van der Waals surface area contributed by atoms with Gasteiger partial charge in [0.05, 0.1) is 0 Å². The molecule has 42 heavy (non-hydrogen) atoms. The van der Waals surface area contributed by atoms with E-state index in [1.54, 1.807) is 42.2 Å². The molecule has 0 heterocycles. The Hall–Kier alpha value is -2.89. The molecule has 0 radical (unpaired) electrons. The Morgan fingerprint density at radius 3 is 1.93 bits per heavy atom. The van der Waals surface area contributed by atoms with Crippen LogP contribution in [0.25, 0.3) is 16.7 Å². The third-order valence-corrected chi connectivity index (χ3v) is 13.4. The van der Waals surface area contributed by atoms with Crippen LogP contribution in [0, 0.1) is 0 Å². The van der Waals surface area contributed by atoms with Crippen molar-refractivity contribution in [3.05, 3.63) is 147 Å². The molecule has 0 N–H and O–H groups in total. The van der Waals surface area contributed by atoms with Crippen LogP contribution in [0.1, 0.15) is 113 Å². The molecule has 4 aromatic carbocycles. The van der Waals surface area contributed by atoms with Crippen molar-refractivity contribution in [2.24, 2.45) is 0 Å². The van der Waals surface area contributed by atoms with Crippen molar-refractivity contribution >= 4 is 8.78 Å². The van der Waals surface area contributed by atoms with Crippen LogP contribution < -0.4 is 0 Å². The quantitative estimate of drug-likeness (QED) is 0.183. The molecule has 2 aliphatic carbocycles. The summed E-state index contributed by atoms with van der Waals surface area (Å²) in [6, 6.07) is 30.0. The fourth-order valence-electron chi connectivity index (χ4n) is 7.36. The van der Waals surface area contributed by atoms with Crippen LogP contribution in [0.3, 0.4) is 0 Å². The van der Waals surface area contributed by atoms with Crippen molar-refractivity contribution in [3.63, 3.8) is 0 Å². The Morgan fingerprint density at radius 1 is 0.762 bits per heavy atom. The Bertz CT molecular complexity index is 1660. The molecule has 0 nitrogen and oxygen atoms in total. The van der Waals surface area contributed by atoms with E-state index in [1.165, 1.54) is 27.8 Å². The molecule has 2 aliphatic rings. The Labute approximate surface area is 264 Å². The molecule has 211 valence electrons. The summed E-state index contributed by atoms with van der Waals surface area (Å²) in [6.45, 7) is 14.4. The summed E-state index contributed by atoms with van der Waals surface area (Å²) in [5, 5.41) is 0. The first-order valence-corrected chi connectivity index (χ1v) is 18.5. The number of hydrogen-bond acceptors (Lipinski definition) is 0. The number of rotatable bonds is 8. The van der Waals surface area contributed by atoms with Gasteiger partial charge in [0.25, 0.3) is 0 Å². The minimum atomic E-state index is -1.21. The Balaban J connectivity index is 1.77. The monoisotopic (exact) mass is 625 g/mol. The van der Waals surface area contributed by atoms with Gasteiger partial charge in [0.15, 0.2) is 0 Å². The zero-order valence-electron chi connectivity index (χ0n) is 26.1. The molecule has 0 aliphatic heterocycles. The Kier molecular flexibility index (Phi) is 8.61. The SMILES string of the molecule is CCc1ccc2c(c1)[CH]([Zr]=[C](c1ccccc1)c1ccccc1)c1c(C3=CC=CC3)c(CC)c(C(C)C)c(C(C)C)c1-2. The zero-order chi connectivity index (χ0) is 29.4. The van der Waals surface area contributed by atoms with Gasteiger partial charge in [-0.3, -0.25) is 0 Å². The summed E-state index contributed by atoms with van der Waals surface area (Å²) in [5.74, 6) is 0.963. The summed E-state index contributed by atoms with van der Waals surface area (Å²) in [4.78, 5) is 0. The van der Waals surface area contributed by atoms with E-state index in [0.29, 0.717) is 15.5 Å². The van der Waals surface area contributed by atoms with Crippen molar-refractivity contribution in [1.29, 1.82) is 0 Å². The second-order valence-electron chi connectivity index (χ2n) is 12.4. The van der Waals surface area contributed by atoms with Crippen molar-refractivity contribution in [1.82, 2.24) is 0 Å². The van der Waals surface area contributed by atoms with Crippen LogP contribution in [-0.2, 0) is 35.6 Å². The average molecular weight is 627 g/mol. The molecule has 1 atom stereocenters. The molecule has 0 saturated carbocycles. The number of fused-ring (bicyclic) bond motifs is 3. The fraction of sp³-hybridized carbons (Fsp3) is 0.293. The third kappa shape index (κ3) is 5.13. The molecule has 0 bridgehead atoms. The van der Waals surface area contributed by atoms with Gasteiger partial charge in [-0.25, -0.2) is 0 Å². The second kappa shape index (κ2) is 12.4. The molecular weight excluding hydrogens is 584 g/mol. The van der Waals surface area contributed by atoms with Gasteiger partial charge in [0.1, 0.15) is 0 Å². The van der Waals surface area contributed by atoms with Crippen molar-refractivity contribution in [3.8, 4) is 11.1 Å². The van der Waals surface area contributed by atoms with E-state index in [4.69, 9.17) is 0 Å². The van der Waals surface area contributed by atoms with Crippen LogP contribution in [0.15, 0.2) is 97.1 Å². The summed E-state index contributed by atoms with van der Waals surface area (Å²) < 4.78 is 2.08. The van der Waals surface area contributed by atoms with E-state index in [0.717, 1.165) is 19.3 Å². The standard InChI is InChI=1S/C28H33.C13H10.Zr/c1-7-19-13-14-23-21(15-19)16-24-27(20-11-9-10-12-20)22(8-2)25(17(3)4)26(18(5)6)28(23)24;1-3-7-12(8-4-1)11-13-9-5-2-6-10-13;/h9-11,13-18H,7-8,12H2,1-6H3;1-10H;. The summed E-state index contributed by atoms with van der Waals surface area (Å²) in [5.41, 5.74) is 18.6. The Morgan fingerprint density at radius 2 is 1.40 bits per heavy atom. The molecule has 0 amide bonds. The summed E-state index contributed by atoms with van der Waals surface area (Å²) >= 11 is -1.21.